The highest BCUT2D eigenvalue weighted by Gasteiger charge is 2.41. The molecule has 1 aliphatic rings. The number of carbonyl (C=O) groups excluding carboxylic acids is 2. The van der Waals surface area contributed by atoms with Crippen molar-refractivity contribution in [1.29, 1.82) is 0 Å². The summed E-state index contributed by atoms with van der Waals surface area (Å²) in [5.41, 5.74) is 1.95. The number of furan rings is 1. The number of ether oxygens (including phenoxy) is 1. The Kier molecular flexibility index (Phi) is 5.69. The van der Waals surface area contributed by atoms with E-state index >= 15 is 0 Å². The van der Waals surface area contributed by atoms with Crippen molar-refractivity contribution in [2.24, 2.45) is 5.92 Å². The number of anilines is 1. The largest absolute Gasteiger partial charge is 0.469 e. The molecule has 1 aromatic heterocycles. The van der Waals surface area contributed by atoms with Crippen molar-refractivity contribution in [2.75, 3.05) is 17.6 Å². The first-order chi connectivity index (χ1) is 13.3. The number of hydrogen-bond donors (Lipinski definition) is 1. The second kappa shape index (κ2) is 8.02. The first-order valence-corrected chi connectivity index (χ1v) is 10.7. The molecular weight excluding hydrogens is 382 g/mol. The van der Waals surface area contributed by atoms with E-state index in [1.165, 1.54) is 12.3 Å². The van der Waals surface area contributed by atoms with Crippen LogP contribution in [-0.2, 0) is 24.3 Å². The van der Waals surface area contributed by atoms with Gasteiger partial charge in [-0.1, -0.05) is 12.1 Å². The minimum Gasteiger partial charge on any atom is -0.469 e. The lowest BCUT2D eigenvalue weighted by Gasteiger charge is -2.27. The van der Waals surface area contributed by atoms with Gasteiger partial charge >= 0.3 is 5.97 Å². The van der Waals surface area contributed by atoms with E-state index in [0.29, 0.717) is 17.9 Å². The number of sulfonamides is 1. The molecule has 28 heavy (non-hydrogen) atoms. The molecule has 0 saturated carbocycles. The summed E-state index contributed by atoms with van der Waals surface area (Å²) < 4.78 is 35.6. The normalized spacial score (nSPS) is 19.8. The smallest absolute Gasteiger partial charge is 0.317 e. The molecule has 1 aromatic carbocycles. The maximum Gasteiger partial charge on any atom is 0.317 e. The van der Waals surface area contributed by atoms with Crippen LogP contribution in [0.15, 0.2) is 53.2 Å². The minimum atomic E-state index is -3.37. The average molecular weight is 403 g/mol. The van der Waals surface area contributed by atoms with Crippen LogP contribution < -0.4 is 4.72 Å². The topological polar surface area (TPSA) is 103 Å². The molecule has 7 nitrogen and oxygen atoms in total. The summed E-state index contributed by atoms with van der Waals surface area (Å²) in [6, 6.07) is 10.2. The SMILES string of the molecule is CCOC(=O)[C@H]1C(=O)C=C(c2ccc(NS(C)(=O)=O)cc2)C[C@H]1c1ccco1. The molecule has 148 valence electrons. The Morgan fingerprint density at radius 2 is 1.96 bits per heavy atom. The number of benzene rings is 1. The van der Waals surface area contributed by atoms with Gasteiger partial charge in [0.2, 0.25) is 10.0 Å². The summed E-state index contributed by atoms with van der Waals surface area (Å²) in [6.45, 7) is 1.89. The summed E-state index contributed by atoms with van der Waals surface area (Å²) in [4.78, 5) is 25.1. The van der Waals surface area contributed by atoms with Crippen molar-refractivity contribution in [3.63, 3.8) is 0 Å². The second-order valence-electron chi connectivity index (χ2n) is 6.58. The number of ketones is 1. The van der Waals surface area contributed by atoms with Crippen LogP contribution in [0.1, 0.15) is 30.6 Å². The molecule has 0 bridgehead atoms. The van der Waals surface area contributed by atoms with Crippen molar-refractivity contribution in [3.8, 4) is 0 Å². The lowest BCUT2D eigenvalue weighted by atomic mass is 9.76. The molecular formula is C20H21NO6S. The second-order valence-corrected chi connectivity index (χ2v) is 8.33. The van der Waals surface area contributed by atoms with Crippen molar-refractivity contribution >= 4 is 33.0 Å². The Morgan fingerprint density at radius 1 is 1.25 bits per heavy atom. The van der Waals surface area contributed by atoms with Crippen molar-refractivity contribution in [2.45, 2.75) is 19.3 Å². The molecule has 0 spiro atoms. The molecule has 3 rings (SSSR count). The highest BCUT2D eigenvalue weighted by Crippen LogP contribution is 2.40. The van der Waals surface area contributed by atoms with Crippen LogP contribution in [-0.4, -0.2) is 33.0 Å². The Balaban J connectivity index is 1.91. The maximum atomic E-state index is 12.7. The molecule has 2 aromatic rings. The molecule has 1 heterocycles. The van der Waals surface area contributed by atoms with Crippen molar-refractivity contribution in [3.05, 3.63) is 60.1 Å². The van der Waals surface area contributed by atoms with E-state index in [1.807, 2.05) is 0 Å². The quantitative estimate of drug-likeness (QED) is 0.588. The van der Waals surface area contributed by atoms with E-state index in [1.54, 1.807) is 43.3 Å². The van der Waals surface area contributed by atoms with E-state index in [4.69, 9.17) is 9.15 Å². The summed E-state index contributed by atoms with van der Waals surface area (Å²) in [7, 11) is -3.37. The van der Waals surface area contributed by atoms with Gasteiger partial charge in [0.05, 0.1) is 19.1 Å². The number of hydrogen-bond acceptors (Lipinski definition) is 6. The zero-order chi connectivity index (χ0) is 20.3. The average Bonchev–Trinajstić information content (AvgIpc) is 3.15. The fourth-order valence-corrected chi connectivity index (χ4v) is 3.88. The summed E-state index contributed by atoms with van der Waals surface area (Å²) >= 11 is 0. The van der Waals surface area contributed by atoms with Crippen LogP contribution >= 0.6 is 0 Å². The zero-order valence-electron chi connectivity index (χ0n) is 15.5. The molecule has 0 aliphatic heterocycles. The zero-order valence-corrected chi connectivity index (χ0v) is 16.4. The van der Waals surface area contributed by atoms with Crippen molar-refractivity contribution < 1.29 is 27.2 Å². The molecule has 2 atom stereocenters. The molecule has 0 amide bonds. The van der Waals surface area contributed by atoms with E-state index in [-0.39, 0.29) is 12.4 Å². The highest BCUT2D eigenvalue weighted by molar-refractivity contribution is 7.92. The van der Waals surface area contributed by atoms with Crippen LogP contribution in [0.5, 0.6) is 0 Å². The maximum absolute atomic E-state index is 12.7. The van der Waals surface area contributed by atoms with E-state index in [2.05, 4.69) is 4.72 Å². The first-order valence-electron chi connectivity index (χ1n) is 8.81. The number of allylic oxidation sites excluding steroid dienone is 2. The summed E-state index contributed by atoms with van der Waals surface area (Å²) in [5.74, 6) is -1.75. The third-order valence-electron chi connectivity index (χ3n) is 4.47. The molecule has 0 fully saturated rings. The van der Waals surface area contributed by atoms with Crippen LogP contribution in [0.3, 0.4) is 0 Å². The lowest BCUT2D eigenvalue weighted by molar-refractivity contribution is -0.151. The molecule has 8 heteroatoms. The van der Waals surface area contributed by atoms with E-state index in [0.717, 1.165) is 17.4 Å². The predicted octanol–water partition coefficient (Wildman–Crippen LogP) is 2.97. The molecule has 1 aliphatic carbocycles. The Labute approximate surface area is 163 Å². The number of nitrogens with one attached hydrogen (secondary N) is 1. The van der Waals surface area contributed by atoms with Gasteiger partial charge in [-0.15, -0.1) is 0 Å². The molecule has 0 unspecified atom stereocenters. The van der Waals surface area contributed by atoms with Crippen LogP contribution in [0, 0.1) is 5.92 Å². The van der Waals surface area contributed by atoms with E-state index in [9.17, 15) is 18.0 Å². The van der Waals surface area contributed by atoms with Gasteiger partial charge in [-0.25, -0.2) is 8.42 Å². The summed E-state index contributed by atoms with van der Waals surface area (Å²) in [5, 5.41) is 0. The van der Waals surface area contributed by atoms with Gasteiger partial charge in [-0.05, 0) is 54.8 Å². The number of carbonyl (C=O) groups is 2. The van der Waals surface area contributed by atoms with E-state index < -0.39 is 27.8 Å². The lowest BCUT2D eigenvalue weighted by Crippen LogP contribution is -2.33. The fraction of sp³-hybridized carbons (Fsp3) is 0.300. The van der Waals surface area contributed by atoms with Gasteiger partial charge in [-0.3, -0.25) is 14.3 Å². The van der Waals surface area contributed by atoms with Gasteiger partial charge in [0.15, 0.2) is 5.78 Å². The van der Waals surface area contributed by atoms with Gasteiger partial charge in [-0.2, -0.15) is 0 Å². The monoisotopic (exact) mass is 403 g/mol. The summed E-state index contributed by atoms with van der Waals surface area (Å²) in [6.07, 6.45) is 4.46. The standard InChI is InChI=1S/C20H21NO6S/c1-3-26-20(23)19-16(18-5-4-10-27-18)11-14(12-17(19)22)13-6-8-15(9-7-13)21-28(2,24)25/h4-10,12,16,19,21H,3,11H2,1-2H3/t16-,19+/m0/s1. The molecule has 0 saturated heterocycles. The van der Waals surface area contributed by atoms with Crippen LogP contribution in [0.4, 0.5) is 5.69 Å². The third-order valence-corrected chi connectivity index (χ3v) is 5.08. The molecule has 1 N–H and O–H groups in total. The Bertz CT molecular complexity index is 990. The number of esters is 1. The predicted molar refractivity (Wildman–Crippen MR) is 104 cm³/mol. The van der Waals surface area contributed by atoms with Crippen LogP contribution in [0.25, 0.3) is 5.57 Å². The van der Waals surface area contributed by atoms with Gasteiger partial charge in [0.25, 0.3) is 0 Å². The Hall–Kier alpha value is -2.87. The van der Waals surface area contributed by atoms with Crippen LogP contribution in [0.2, 0.25) is 0 Å². The van der Waals surface area contributed by atoms with Gasteiger partial charge in [0.1, 0.15) is 11.7 Å². The first kappa shape index (κ1) is 19.9. The minimum absolute atomic E-state index is 0.193. The van der Waals surface area contributed by atoms with Crippen molar-refractivity contribution in [1.82, 2.24) is 0 Å². The highest BCUT2D eigenvalue weighted by atomic mass is 32.2. The van der Waals surface area contributed by atoms with Gasteiger partial charge < -0.3 is 9.15 Å². The van der Waals surface area contributed by atoms with Gasteiger partial charge in [0, 0.05) is 11.6 Å². The number of rotatable bonds is 6. The third kappa shape index (κ3) is 4.51. The fourth-order valence-electron chi connectivity index (χ4n) is 3.32. The molecule has 0 radical (unpaired) electrons. The Morgan fingerprint density at radius 3 is 2.54 bits per heavy atom.